The van der Waals surface area contributed by atoms with Gasteiger partial charge in [0.05, 0.1) is 18.4 Å². The van der Waals surface area contributed by atoms with E-state index in [1.165, 1.54) is 17.9 Å². The average molecular weight is 372 g/mol. The van der Waals surface area contributed by atoms with Crippen molar-refractivity contribution in [3.05, 3.63) is 51.1 Å². The number of anilines is 1. The van der Waals surface area contributed by atoms with Gasteiger partial charge >= 0.3 is 11.7 Å². The van der Waals surface area contributed by atoms with Gasteiger partial charge in [-0.15, -0.1) is 0 Å². The molecule has 0 spiro atoms. The van der Waals surface area contributed by atoms with Crippen molar-refractivity contribution < 1.29 is 9.53 Å². The molecule has 0 unspecified atom stereocenters. The van der Waals surface area contributed by atoms with Crippen LogP contribution in [0.1, 0.15) is 10.4 Å². The third kappa shape index (κ3) is 3.33. The van der Waals surface area contributed by atoms with Crippen LogP contribution in [-0.4, -0.2) is 50.3 Å². The maximum Gasteiger partial charge on any atom is 0.338 e. The van der Waals surface area contributed by atoms with Crippen molar-refractivity contribution in [3.63, 3.8) is 0 Å². The lowest BCUT2D eigenvalue weighted by Gasteiger charge is -2.12. The second kappa shape index (κ2) is 7.06. The van der Waals surface area contributed by atoms with Crippen molar-refractivity contribution in [3.8, 4) is 0 Å². The fraction of sp³-hybridized carbons (Fsp3) is 0.353. The molecule has 0 amide bonds. The minimum Gasteiger partial charge on any atom is -0.460 e. The minimum absolute atomic E-state index is 0.0515. The van der Waals surface area contributed by atoms with Crippen molar-refractivity contribution >= 4 is 23.0 Å². The normalized spacial score (nSPS) is 11.0. The Morgan fingerprint density at radius 1 is 1.19 bits per heavy atom. The largest absolute Gasteiger partial charge is 0.460 e. The smallest absolute Gasteiger partial charge is 0.338 e. The molecule has 3 aromatic rings. The fourth-order valence-corrected chi connectivity index (χ4v) is 2.68. The number of fused-ring (bicyclic) bond motifs is 1. The highest BCUT2D eigenvalue weighted by Crippen LogP contribution is 2.11. The highest BCUT2D eigenvalue weighted by molar-refractivity contribution is 5.90. The Balaban J connectivity index is 1.76. The minimum atomic E-state index is -0.481. The van der Waals surface area contributed by atoms with Crippen LogP contribution in [0, 0.1) is 0 Å². The standard InChI is InChI=1S/C17H20N6O4/c1-20(2)12-9-11(5-6-18-12)16(25)27-8-7-23-10-19-14-13(23)15(24)22(4)17(26)21(14)3/h5-6,9-10H,7-8H2,1-4H3. The first-order valence-electron chi connectivity index (χ1n) is 8.22. The van der Waals surface area contributed by atoms with Gasteiger partial charge in [0.1, 0.15) is 12.4 Å². The predicted molar refractivity (Wildman–Crippen MR) is 99.1 cm³/mol. The number of imidazole rings is 1. The third-order valence-corrected chi connectivity index (χ3v) is 4.22. The molecule has 0 aromatic carbocycles. The molecule has 0 saturated heterocycles. The molecule has 10 heteroatoms. The number of aryl methyl sites for hydroxylation is 1. The zero-order valence-electron chi connectivity index (χ0n) is 15.5. The number of esters is 1. The second-order valence-electron chi connectivity index (χ2n) is 6.25. The summed E-state index contributed by atoms with van der Waals surface area (Å²) in [5.74, 6) is 0.166. The van der Waals surface area contributed by atoms with Gasteiger partial charge in [0.2, 0.25) is 0 Å². The van der Waals surface area contributed by atoms with E-state index in [0.717, 1.165) is 4.57 Å². The van der Waals surface area contributed by atoms with Gasteiger partial charge in [0.25, 0.3) is 5.56 Å². The summed E-state index contributed by atoms with van der Waals surface area (Å²) < 4.78 is 9.19. The van der Waals surface area contributed by atoms with Gasteiger partial charge in [-0.3, -0.25) is 13.9 Å². The van der Waals surface area contributed by atoms with Crippen LogP contribution in [-0.2, 0) is 25.4 Å². The van der Waals surface area contributed by atoms with Crippen molar-refractivity contribution in [2.24, 2.45) is 14.1 Å². The molecule has 0 saturated carbocycles. The van der Waals surface area contributed by atoms with Gasteiger partial charge in [0, 0.05) is 34.4 Å². The van der Waals surface area contributed by atoms with Crippen LogP contribution in [0.3, 0.4) is 0 Å². The quantitative estimate of drug-likeness (QED) is 0.569. The molecule has 3 aromatic heterocycles. The number of aromatic nitrogens is 5. The van der Waals surface area contributed by atoms with E-state index in [9.17, 15) is 14.4 Å². The van der Waals surface area contributed by atoms with Crippen molar-refractivity contribution in [1.82, 2.24) is 23.7 Å². The molecule has 142 valence electrons. The molecule has 0 aliphatic heterocycles. The summed E-state index contributed by atoms with van der Waals surface area (Å²) in [4.78, 5) is 46.6. The average Bonchev–Trinajstić information content (AvgIpc) is 3.08. The Hall–Kier alpha value is -3.43. The van der Waals surface area contributed by atoms with Gasteiger partial charge in [-0.05, 0) is 12.1 Å². The van der Waals surface area contributed by atoms with Gasteiger partial charge in [-0.1, -0.05) is 0 Å². The maximum absolute atomic E-state index is 12.4. The van der Waals surface area contributed by atoms with Crippen LogP contribution in [0.5, 0.6) is 0 Å². The van der Waals surface area contributed by atoms with Crippen molar-refractivity contribution in [1.29, 1.82) is 0 Å². The summed E-state index contributed by atoms with van der Waals surface area (Å²) in [7, 11) is 6.62. The van der Waals surface area contributed by atoms with Crippen LogP contribution in [0.25, 0.3) is 11.2 Å². The van der Waals surface area contributed by atoms with Gasteiger partial charge in [-0.2, -0.15) is 0 Å². The van der Waals surface area contributed by atoms with Crippen LogP contribution < -0.4 is 16.1 Å². The van der Waals surface area contributed by atoms with E-state index in [1.54, 1.807) is 34.8 Å². The zero-order valence-corrected chi connectivity index (χ0v) is 15.5. The molecular formula is C17H20N6O4. The topological polar surface area (TPSA) is 104 Å². The van der Waals surface area contributed by atoms with Crippen LogP contribution >= 0.6 is 0 Å². The van der Waals surface area contributed by atoms with Crippen LogP contribution in [0.4, 0.5) is 5.82 Å². The lowest BCUT2D eigenvalue weighted by atomic mass is 10.2. The Labute approximate surface area is 154 Å². The molecule has 0 fully saturated rings. The van der Waals surface area contributed by atoms with Crippen molar-refractivity contribution in [2.75, 3.05) is 25.6 Å². The number of hydrogen-bond acceptors (Lipinski definition) is 7. The molecule has 27 heavy (non-hydrogen) atoms. The molecule has 0 bridgehead atoms. The van der Waals surface area contributed by atoms with Gasteiger partial charge < -0.3 is 14.2 Å². The molecular weight excluding hydrogens is 352 g/mol. The van der Waals surface area contributed by atoms with E-state index >= 15 is 0 Å². The first-order chi connectivity index (χ1) is 12.8. The molecule has 0 N–H and O–H groups in total. The second-order valence-corrected chi connectivity index (χ2v) is 6.25. The molecule has 0 radical (unpaired) electrons. The Morgan fingerprint density at radius 2 is 1.93 bits per heavy atom. The lowest BCUT2D eigenvalue weighted by Crippen LogP contribution is -2.37. The lowest BCUT2D eigenvalue weighted by molar-refractivity contribution is 0.0492. The van der Waals surface area contributed by atoms with Gasteiger partial charge in [0.15, 0.2) is 11.2 Å². The fourth-order valence-electron chi connectivity index (χ4n) is 2.68. The Bertz CT molecular complexity index is 1120. The Morgan fingerprint density at radius 3 is 2.63 bits per heavy atom. The molecule has 10 nitrogen and oxygen atoms in total. The van der Waals surface area contributed by atoms with Crippen molar-refractivity contribution in [2.45, 2.75) is 6.54 Å². The summed E-state index contributed by atoms with van der Waals surface area (Å²) >= 11 is 0. The summed E-state index contributed by atoms with van der Waals surface area (Å²) in [5.41, 5.74) is 0.0800. The number of nitrogens with zero attached hydrogens (tertiary/aromatic N) is 6. The summed E-state index contributed by atoms with van der Waals surface area (Å²) in [6.45, 7) is 0.289. The highest BCUT2D eigenvalue weighted by atomic mass is 16.5. The summed E-state index contributed by atoms with van der Waals surface area (Å²) in [6, 6.07) is 3.22. The number of rotatable bonds is 5. The molecule has 0 aliphatic rings. The van der Waals surface area contributed by atoms with E-state index in [1.807, 2.05) is 14.1 Å². The van der Waals surface area contributed by atoms with E-state index in [2.05, 4.69) is 9.97 Å². The predicted octanol–water partition coefficient (Wildman–Crippen LogP) is -0.248. The van der Waals surface area contributed by atoms with E-state index < -0.39 is 17.2 Å². The van der Waals surface area contributed by atoms with Crippen LogP contribution in [0.2, 0.25) is 0 Å². The summed E-state index contributed by atoms with van der Waals surface area (Å²) in [5, 5.41) is 0. The first kappa shape index (κ1) is 18.4. The maximum atomic E-state index is 12.4. The Kier molecular flexibility index (Phi) is 4.80. The number of carbonyl (C=O) groups is 1. The number of ether oxygens (including phenoxy) is 1. The molecule has 0 aliphatic carbocycles. The molecule has 0 atom stereocenters. The van der Waals surface area contributed by atoms with Gasteiger partial charge in [-0.25, -0.2) is 19.6 Å². The third-order valence-electron chi connectivity index (χ3n) is 4.22. The van der Waals surface area contributed by atoms with Crippen LogP contribution in [0.15, 0.2) is 34.2 Å². The van der Waals surface area contributed by atoms with E-state index in [-0.39, 0.29) is 18.7 Å². The summed E-state index contributed by atoms with van der Waals surface area (Å²) in [6.07, 6.45) is 3.00. The number of hydrogen-bond donors (Lipinski definition) is 0. The molecule has 3 rings (SSSR count). The zero-order chi connectivity index (χ0) is 19.7. The number of carbonyl (C=O) groups excluding carboxylic acids is 1. The number of pyridine rings is 1. The monoisotopic (exact) mass is 372 g/mol. The molecule has 3 heterocycles. The first-order valence-corrected chi connectivity index (χ1v) is 8.22. The van der Waals surface area contributed by atoms with E-state index in [0.29, 0.717) is 17.0 Å². The highest BCUT2D eigenvalue weighted by Gasteiger charge is 2.15. The SMILES string of the molecule is CN(C)c1cc(C(=O)OCCn2cnc3c2c(=O)n(C)c(=O)n3C)ccn1. The van der Waals surface area contributed by atoms with E-state index in [4.69, 9.17) is 4.74 Å².